The molecule has 4 rings (SSSR count). The van der Waals surface area contributed by atoms with E-state index in [2.05, 4.69) is 15.3 Å². The summed E-state index contributed by atoms with van der Waals surface area (Å²) in [4.78, 5) is 21.2. The number of hydrogen-bond acceptors (Lipinski definition) is 8. The highest BCUT2D eigenvalue weighted by Crippen LogP contribution is 2.49. The third-order valence-corrected chi connectivity index (χ3v) is 7.76. The smallest absolute Gasteiger partial charge is 0.274 e. The Morgan fingerprint density at radius 3 is 2.81 bits per heavy atom. The molecule has 1 amide bonds. The van der Waals surface area contributed by atoms with E-state index in [9.17, 15) is 23.4 Å². The Bertz CT molecular complexity index is 1110. The number of hydrogen-bond donors (Lipinski definition) is 2. The lowest BCUT2D eigenvalue weighted by atomic mass is 10.2. The van der Waals surface area contributed by atoms with Crippen molar-refractivity contribution in [2.45, 2.75) is 6.54 Å². The van der Waals surface area contributed by atoms with Crippen molar-refractivity contribution in [3.05, 3.63) is 59.7 Å². The number of anilines is 1. The summed E-state index contributed by atoms with van der Waals surface area (Å²) in [7, 11) is -3.65. The van der Waals surface area contributed by atoms with E-state index in [1.54, 1.807) is 12.1 Å². The van der Waals surface area contributed by atoms with E-state index in [0.29, 0.717) is 22.5 Å². The molecule has 3 heterocycles. The molecule has 3 aromatic rings. The molecule has 0 atom stereocenters. The van der Waals surface area contributed by atoms with Gasteiger partial charge in [0.25, 0.3) is 5.91 Å². The molecule has 2 N–H and O–H groups in total. The Hall–Kier alpha value is -2.60. The second kappa shape index (κ2) is 8.87. The predicted octanol–water partition coefficient (Wildman–Crippen LogP) is 2.94. The molecule has 31 heavy (non-hydrogen) atoms. The first-order valence-electron chi connectivity index (χ1n) is 9.45. The molecule has 0 radical (unpaired) electrons. The van der Waals surface area contributed by atoms with Crippen molar-refractivity contribution in [3.8, 4) is 5.75 Å². The first kappa shape index (κ1) is 21.6. The minimum atomic E-state index is -3.65. The van der Waals surface area contributed by atoms with Crippen LogP contribution in [-0.2, 0) is 6.54 Å². The van der Waals surface area contributed by atoms with Crippen LogP contribution in [0.5, 0.6) is 5.75 Å². The van der Waals surface area contributed by atoms with E-state index in [-0.39, 0.29) is 35.9 Å². The van der Waals surface area contributed by atoms with Crippen molar-refractivity contribution in [2.24, 2.45) is 0 Å². The van der Waals surface area contributed by atoms with Crippen LogP contribution in [-0.4, -0.2) is 53.9 Å². The van der Waals surface area contributed by atoms with Crippen molar-refractivity contribution in [3.63, 3.8) is 0 Å². The van der Waals surface area contributed by atoms with Crippen LogP contribution in [0.1, 0.15) is 16.1 Å². The maximum Gasteiger partial charge on any atom is 0.274 e. The van der Waals surface area contributed by atoms with E-state index >= 15 is 0 Å². The number of nitrogens with one attached hydrogen (secondary N) is 1. The number of amides is 1. The van der Waals surface area contributed by atoms with Crippen molar-refractivity contribution in [2.75, 3.05) is 28.1 Å². The van der Waals surface area contributed by atoms with Gasteiger partial charge in [-0.25, -0.2) is 9.37 Å². The van der Waals surface area contributed by atoms with Gasteiger partial charge in [0, 0.05) is 36.2 Å². The Labute approximate surface area is 184 Å². The van der Waals surface area contributed by atoms with Crippen LogP contribution in [0.3, 0.4) is 0 Å². The van der Waals surface area contributed by atoms with Gasteiger partial charge in [0.2, 0.25) is 0 Å². The monoisotopic (exact) mass is 462 g/mol. The predicted molar refractivity (Wildman–Crippen MR) is 117 cm³/mol. The number of sulfonamides is 1. The zero-order valence-electron chi connectivity index (χ0n) is 16.3. The molecule has 0 aliphatic carbocycles. The van der Waals surface area contributed by atoms with Crippen molar-refractivity contribution < 1.29 is 23.4 Å². The van der Waals surface area contributed by atoms with Gasteiger partial charge in [-0.05, 0) is 35.6 Å². The molecule has 0 saturated carbocycles. The number of pyridine rings is 2. The SMILES string of the molecule is O=C(NCc1ccc(F)cc1)c1nc(N2CCSCCS2([O-])[O-])c2cccnc2c1O. The fraction of sp³-hybridized carbons (Fsp3) is 0.250. The van der Waals surface area contributed by atoms with Gasteiger partial charge >= 0.3 is 0 Å². The summed E-state index contributed by atoms with van der Waals surface area (Å²) < 4.78 is 39.9. The minimum Gasteiger partial charge on any atom is -0.783 e. The molecule has 0 bridgehead atoms. The minimum absolute atomic E-state index is 0.0475. The average Bonchev–Trinajstić information content (AvgIpc) is 2.94. The average molecular weight is 463 g/mol. The number of carbonyl (C=O) groups is 1. The molecule has 164 valence electrons. The summed E-state index contributed by atoms with van der Waals surface area (Å²) in [6.07, 6.45) is 1.44. The molecule has 1 aliphatic heterocycles. The zero-order valence-corrected chi connectivity index (χ0v) is 17.9. The van der Waals surface area contributed by atoms with Crippen LogP contribution >= 0.6 is 22.5 Å². The molecular formula is C20H19FN4O4S2-2. The number of fused-ring (bicyclic) bond motifs is 1. The maximum absolute atomic E-state index is 13.1. The summed E-state index contributed by atoms with van der Waals surface area (Å²) in [5, 5.41) is 13.6. The fourth-order valence-corrected chi connectivity index (χ4v) is 6.16. The maximum atomic E-state index is 13.1. The van der Waals surface area contributed by atoms with Crippen molar-refractivity contribution in [1.29, 1.82) is 0 Å². The molecule has 0 spiro atoms. The highest BCUT2D eigenvalue weighted by atomic mass is 32.3. The van der Waals surface area contributed by atoms with Gasteiger partial charge in [-0.15, -0.1) is 0 Å². The topological polar surface area (TPSA) is 124 Å². The summed E-state index contributed by atoms with van der Waals surface area (Å²) in [5.74, 6) is -0.455. The molecule has 1 fully saturated rings. The lowest BCUT2D eigenvalue weighted by molar-refractivity contribution is 0.0943. The van der Waals surface area contributed by atoms with Gasteiger partial charge in [-0.2, -0.15) is 11.8 Å². The van der Waals surface area contributed by atoms with E-state index in [0.717, 1.165) is 0 Å². The first-order valence-corrected chi connectivity index (χ1v) is 12.2. The lowest BCUT2D eigenvalue weighted by Crippen LogP contribution is -2.32. The number of aromatic hydroxyl groups is 1. The number of carbonyl (C=O) groups excluding carboxylic acids is 1. The fourth-order valence-electron chi connectivity index (χ4n) is 3.22. The number of thioether (sulfide) groups is 1. The molecule has 8 nitrogen and oxygen atoms in total. The number of aromatic nitrogens is 2. The Morgan fingerprint density at radius 1 is 1.26 bits per heavy atom. The normalized spacial score (nSPS) is 17.2. The number of halogens is 1. The van der Waals surface area contributed by atoms with Crippen LogP contribution in [0.15, 0.2) is 42.6 Å². The third-order valence-electron chi connectivity index (χ3n) is 4.79. The summed E-state index contributed by atoms with van der Waals surface area (Å²) >= 11 is 1.52. The van der Waals surface area contributed by atoms with Crippen LogP contribution in [0.4, 0.5) is 10.2 Å². The highest BCUT2D eigenvalue weighted by Gasteiger charge is 2.24. The van der Waals surface area contributed by atoms with Crippen LogP contribution in [0, 0.1) is 5.82 Å². The third kappa shape index (κ3) is 4.54. The second-order valence-electron chi connectivity index (χ2n) is 6.84. The zero-order chi connectivity index (χ0) is 22.0. The van der Waals surface area contributed by atoms with Crippen LogP contribution in [0.25, 0.3) is 10.9 Å². The van der Waals surface area contributed by atoms with Crippen LogP contribution < -0.4 is 9.62 Å². The molecule has 2 aromatic heterocycles. The van der Waals surface area contributed by atoms with Gasteiger partial charge in [0.05, 0.1) is 0 Å². The van der Waals surface area contributed by atoms with Gasteiger partial charge in [-0.3, -0.25) is 9.78 Å². The summed E-state index contributed by atoms with van der Waals surface area (Å²) in [6, 6.07) is 8.82. The number of nitrogens with zero attached hydrogens (tertiary/aromatic N) is 3. The van der Waals surface area contributed by atoms with E-state index in [4.69, 9.17) is 0 Å². The first-order chi connectivity index (χ1) is 14.9. The molecule has 1 aliphatic rings. The Balaban J connectivity index is 1.73. The standard InChI is InChI=1S/C20H21FN4O4S2/c21-14-5-3-13(4-6-14)12-23-20(27)17-18(26)16-15(2-1-7-22-16)19(24-17)25-8-9-30-10-11-31(25,28)29/h1-7,26,28-29H,8-12H2,(H,23,27)/p-2. The lowest BCUT2D eigenvalue weighted by Gasteiger charge is -2.66. The van der Waals surface area contributed by atoms with Gasteiger partial charge in [-0.1, -0.05) is 12.1 Å². The van der Waals surface area contributed by atoms with Gasteiger partial charge < -0.3 is 34.6 Å². The number of benzene rings is 1. The Kier molecular flexibility index (Phi) is 6.19. The summed E-state index contributed by atoms with van der Waals surface area (Å²) in [6.45, 7) is 0.278. The summed E-state index contributed by atoms with van der Waals surface area (Å²) in [5.41, 5.74) is 0.419. The van der Waals surface area contributed by atoms with Crippen LogP contribution in [0.2, 0.25) is 0 Å². The van der Waals surface area contributed by atoms with Gasteiger partial charge in [0.1, 0.15) is 11.3 Å². The van der Waals surface area contributed by atoms with Gasteiger partial charge in [0.15, 0.2) is 17.3 Å². The highest BCUT2D eigenvalue weighted by molar-refractivity contribution is 8.25. The van der Waals surface area contributed by atoms with Crippen molar-refractivity contribution >= 4 is 45.2 Å². The molecule has 11 heteroatoms. The van der Waals surface area contributed by atoms with E-state index in [1.807, 2.05) is 0 Å². The quantitative estimate of drug-likeness (QED) is 0.606. The molecular weight excluding hydrogens is 443 g/mol. The molecule has 0 unspecified atom stereocenters. The molecule has 1 aromatic carbocycles. The van der Waals surface area contributed by atoms with Crippen molar-refractivity contribution in [1.82, 2.24) is 15.3 Å². The number of rotatable bonds is 4. The second-order valence-corrected chi connectivity index (χ2v) is 10.1. The van der Waals surface area contributed by atoms with E-state index < -0.39 is 28.2 Å². The molecule has 1 saturated heterocycles. The van der Waals surface area contributed by atoms with E-state index in [1.165, 1.54) is 46.5 Å². The Morgan fingerprint density at radius 2 is 2.03 bits per heavy atom. The largest absolute Gasteiger partial charge is 0.783 e.